The van der Waals surface area contributed by atoms with Gasteiger partial charge in [-0.05, 0) is 38.5 Å². The molecule has 4 aromatic rings. The predicted molar refractivity (Wildman–Crippen MR) is 123 cm³/mol. The highest BCUT2D eigenvalue weighted by Gasteiger charge is 2.21. The number of rotatable bonds is 6. The van der Waals surface area contributed by atoms with E-state index in [1.54, 1.807) is 25.1 Å². The van der Waals surface area contributed by atoms with Crippen molar-refractivity contribution in [1.82, 2.24) is 24.8 Å². The van der Waals surface area contributed by atoms with Crippen molar-refractivity contribution in [1.29, 1.82) is 0 Å². The lowest BCUT2D eigenvalue weighted by molar-refractivity contribution is 0.0605. The van der Waals surface area contributed by atoms with E-state index in [4.69, 9.17) is 4.74 Å². The Morgan fingerprint density at radius 2 is 1.75 bits per heavy atom. The number of aromatic nitrogens is 4. The monoisotopic (exact) mass is 453 g/mol. The van der Waals surface area contributed by atoms with Crippen molar-refractivity contribution in [3.05, 3.63) is 67.1 Å². The first-order valence-electron chi connectivity index (χ1n) is 10.1. The molecule has 0 radical (unpaired) electrons. The molecule has 0 unspecified atom stereocenters. The number of benzene rings is 1. The summed E-state index contributed by atoms with van der Waals surface area (Å²) in [5.74, 6) is 0.518. The molecule has 1 aromatic carbocycles. The largest absolute Gasteiger partial charge is 0.465 e. The number of carbonyl (C=O) groups excluding carboxylic acids is 1. The maximum absolute atomic E-state index is 12.7. The molecule has 0 atom stereocenters. The predicted octanol–water partition coefficient (Wildman–Crippen LogP) is 2.73. The van der Waals surface area contributed by atoms with Crippen molar-refractivity contribution in [3.63, 3.8) is 0 Å². The molecule has 10 heteroatoms. The van der Waals surface area contributed by atoms with E-state index < -0.39 is 5.97 Å². The number of hydrogen-bond donors (Lipinski definition) is 2. The highest BCUT2D eigenvalue weighted by atomic mass is 32.1. The van der Waals surface area contributed by atoms with E-state index in [9.17, 15) is 14.4 Å². The lowest BCUT2D eigenvalue weighted by atomic mass is 10.2. The number of H-pyrrole nitrogens is 2. The van der Waals surface area contributed by atoms with Gasteiger partial charge in [0, 0.05) is 6.04 Å². The molecule has 9 nitrogen and oxygen atoms in total. The minimum atomic E-state index is -0.485. The third kappa shape index (κ3) is 4.06. The molecule has 0 aliphatic carbocycles. The maximum Gasteiger partial charge on any atom is 0.348 e. The van der Waals surface area contributed by atoms with E-state index in [2.05, 4.69) is 19.9 Å². The zero-order valence-corrected chi connectivity index (χ0v) is 19.0. The fourth-order valence-corrected chi connectivity index (χ4v) is 4.69. The third-order valence-electron chi connectivity index (χ3n) is 5.32. The maximum atomic E-state index is 12.7. The van der Waals surface area contributed by atoms with Gasteiger partial charge in [0.15, 0.2) is 0 Å². The van der Waals surface area contributed by atoms with Crippen LogP contribution in [0.3, 0.4) is 0 Å². The second-order valence-corrected chi connectivity index (χ2v) is 8.77. The minimum absolute atomic E-state index is 0.0865. The number of para-hydroxylation sites is 1. The van der Waals surface area contributed by atoms with Gasteiger partial charge < -0.3 is 14.7 Å². The van der Waals surface area contributed by atoms with Gasteiger partial charge in [-0.1, -0.05) is 12.1 Å². The molecule has 0 saturated heterocycles. The first-order chi connectivity index (χ1) is 15.3. The van der Waals surface area contributed by atoms with Gasteiger partial charge in [-0.15, -0.1) is 11.3 Å². The lowest BCUT2D eigenvalue weighted by Gasteiger charge is -2.25. The Hall–Kier alpha value is -3.37. The van der Waals surface area contributed by atoms with Crippen molar-refractivity contribution in [2.75, 3.05) is 7.11 Å². The van der Waals surface area contributed by atoms with Gasteiger partial charge in [-0.25, -0.2) is 14.8 Å². The van der Waals surface area contributed by atoms with E-state index in [0.29, 0.717) is 56.3 Å². The normalized spacial score (nSPS) is 11.7. The zero-order chi connectivity index (χ0) is 23.0. The van der Waals surface area contributed by atoms with Crippen LogP contribution in [0, 0.1) is 6.92 Å². The van der Waals surface area contributed by atoms with Crippen LogP contribution in [0.4, 0.5) is 0 Å². The quantitative estimate of drug-likeness (QED) is 0.431. The standard InChI is InChI=1S/C22H23N5O4S/c1-11(2)27(9-15-23-14-8-6-5-7-13(14)19(28)24-15)10-16-25-20(29)17-12(3)18(22(30)31-4)32-21(17)26-16/h5-8,11H,9-10H2,1-4H3,(H,23,24,28)(H,25,26,29). The number of aromatic amines is 2. The summed E-state index contributed by atoms with van der Waals surface area (Å²) in [5.41, 5.74) is 0.713. The molecule has 0 saturated carbocycles. The van der Waals surface area contributed by atoms with Crippen LogP contribution in [-0.4, -0.2) is 44.0 Å². The Balaban J connectivity index is 1.67. The smallest absolute Gasteiger partial charge is 0.348 e. The summed E-state index contributed by atoms with van der Waals surface area (Å²) < 4.78 is 4.81. The molecule has 32 heavy (non-hydrogen) atoms. The molecule has 0 bridgehead atoms. The molecule has 3 heterocycles. The Morgan fingerprint density at radius 3 is 2.44 bits per heavy atom. The molecule has 3 aromatic heterocycles. The number of hydrogen-bond acceptors (Lipinski definition) is 8. The van der Waals surface area contributed by atoms with Gasteiger partial charge in [0.2, 0.25) is 0 Å². The molecule has 0 fully saturated rings. The van der Waals surface area contributed by atoms with E-state index in [1.165, 1.54) is 7.11 Å². The molecule has 0 aliphatic heterocycles. The van der Waals surface area contributed by atoms with E-state index in [-0.39, 0.29) is 17.2 Å². The summed E-state index contributed by atoms with van der Waals surface area (Å²) in [6, 6.07) is 7.27. The molecule has 0 amide bonds. The second-order valence-electron chi connectivity index (χ2n) is 7.77. The van der Waals surface area contributed by atoms with Crippen LogP contribution in [0.25, 0.3) is 21.1 Å². The second kappa shape index (κ2) is 8.64. The number of ether oxygens (including phenoxy) is 1. The van der Waals surface area contributed by atoms with Gasteiger partial charge in [0.25, 0.3) is 11.1 Å². The highest BCUT2D eigenvalue weighted by Crippen LogP contribution is 2.27. The first kappa shape index (κ1) is 21.8. The number of nitrogens with zero attached hydrogens (tertiary/aromatic N) is 3. The number of esters is 1. The zero-order valence-electron chi connectivity index (χ0n) is 18.2. The van der Waals surface area contributed by atoms with Crippen LogP contribution in [0.5, 0.6) is 0 Å². The average Bonchev–Trinajstić information content (AvgIpc) is 3.09. The molecule has 4 rings (SSSR count). The Labute approximate surface area is 187 Å². The number of aryl methyl sites for hydroxylation is 1. The van der Waals surface area contributed by atoms with Crippen molar-refractivity contribution < 1.29 is 9.53 Å². The molecule has 0 aliphatic rings. The fourth-order valence-electron chi connectivity index (χ4n) is 3.57. The van der Waals surface area contributed by atoms with Crippen LogP contribution in [0.2, 0.25) is 0 Å². The average molecular weight is 454 g/mol. The number of nitrogens with one attached hydrogen (secondary N) is 2. The number of thiophene rings is 1. The van der Waals surface area contributed by atoms with Crippen LogP contribution in [0.15, 0.2) is 33.9 Å². The fraction of sp³-hybridized carbons (Fsp3) is 0.318. The summed E-state index contributed by atoms with van der Waals surface area (Å²) in [6.07, 6.45) is 0. The Bertz CT molecular complexity index is 1440. The molecular weight excluding hydrogens is 430 g/mol. The summed E-state index contributed by atoms with van der Waals surface area (Å²) in [4.78, 5) is 54.9. The Kier molecular flexibility index (Phi) is 5.90. The minimum Gasteiger partial charge on any atom is -0.465 e. The number of carbonyl (C=O) groups is 1. The number of methoxy groups -OCH3 is 1. The SMILES string of the molecule is COC(=O)c1sc2nc(CN(Cc3nc4ccccc4c(=O)[nH]3)C(C)C)[nH]c(=O)c2c1C. The van der Waals surface area contributed by atoms with Gasteiger partial charge in [-0.2, -0.15) is 0 Å². The van der Waals surface area contributed by atoms with Crippen LogP contribution >= 0.6 is 11.3 Å². The van der Waals surface area contributed by atoms with E-state index in [1.807, 2.05) is 24.8 Å². The van der Waals surface area contributed by atoms with Crippen LogP contribution in [-0.2, 0) is 17.8 Å². The summed E-state index contributed by atoms with van der Waals surface area (Å²) in [5, 5.41) is 0.939. The topological polar surface area (TPSA) is 121 Å². The molecule has 166 valence electrons. The van der Waals surface area contributed by atoms with Crippen molar-refractivity contribution in [2.45, 2.75) is 39.9 Å². The first-order valence-corrected chi connectivity index (χ1v) is 10.9. The summed E-state index contributed by atoms with van der Waals surface area (Å²) in [7, 11) is 1.31. The summed E-state index contributed by atoms with van der Waals surface area (Å²) in [6.45, 7) is 6.45. The third-order valence-corrected chi connectivity index (χ3v) is 6.48. The van der Waals surface area contributed by atoms with Crippen LogP contribution < -0.4 is 11.1 Å². The summed E-state index contributed by atoms with van der Waals surface area (Å²) >= 11 is 1.14. The van der Waals surface area contributed by atoms with Crippen molar-refractivity contribution >= 4 is 38.4 Å². The van der Waals surface area contributed by atoms with E-state index >= 15 is 0 Å². The van der Waals surface area contributed by atoms with Gasteiger partial charge in [0.05, 0.1) is 36.5 Å². The molecule has 0 spiro atoms. The highest BCUT2D eigenvalue weighted by molar-refractivity contribution is 7.20. The van der Waals surface area contributed by atoms with Gasteiger partial charge in [0.1, 0.15) is 21.4 Å². The van der Waals surface area contributed by atoms with Crippen LogP contribution in [0.1, 0.15) is 40.7 Å². The van der Waals surface area contributed by atoms with Crippen molar-refractivity contribution in [3.8, 4) is 0 Å². The Morgan fingerprint density at radius 1 is 1.09 bits per heavy atom. The molecule has 2 N–H and O–H groups in total. The van der Waals surface area contributed by atoms with Gasteiger partial charge in [-0.3, -0.25) is 14.5 Å². The number of fused-ring (bicyclic) bond motifs is 2. The molecular formula is C22H23N5O4S. The van der Waals surface area contributed by atoms with E-state index in [0.717, 1.165) is 11.3 Å². The van der Waals surface area contributed by atoms with Crippen molar-refractivity contribution in [2.24, 2.45) is 0 Å². The van der Waals surface area contributed by atoms with Gasteiger partial charge >= 0.3 is 5.97 Å². The lowest BCUT2D eigenvalue weighted by Crippen LogP contribution is -2.33.